The molecule has 2 aromatic rings. The molecule has 0 aromatic heterocycles. The lowest BCUT2D eigenvalue weighted by molar-refractivity contribution is -0.107. The Hall–Kier alpha value is -1.28. The van der Waals surface area contributed by atoms with Crippen molar-refractivity contribution in [2.75, 3.05) is 6.26 Å². The zero-order valence-electron chi connectivity index (χ0n) is 8.57. The van der Waals surface area contributed by atoms with Crippen LogP contribution in [-0.2, 0) is 11.2 Å². The molecule has 0 bridgehead atoms. The summed E-state index contributed by atoms with van der Waals surface area (Å²) in [6.45, 7) is 0. The molecule has 2 rings (SSSR count). The topological polar surface area (TPSA) is 17.1 Å². The van der Waals surface area contributed by atoms with Crippen LogP contribution in [0.2, 0.25) is 0 Å². The first-order valence-corrected chi connectivity index (χ1v) is 6.07. The number of hydrogen-bond acceptors (Lipinski definition) is 2. The van der Waals surface area contributed by atoms with Gasteiger partial charge in [0.15, 0.2) is 0 Å². The van der Waals surface area contributed by atoms with E-state index in [-0.39, 0.29) is 0 Å². The van der Waals surface area contributed by atoms with E-state index in [2.05, 4.69) is 36.6 Å². The Morgan fingerprint density at radius 1 is 1.27 bits per heavy atom. The standard InChI is InChI=1S/C13H12OS/c1-15-13-4-2-3-11-9-10(7-8-14)5-6-12(11)13/h2-6,8-9H,7H2,1H3. The van der Waals surface area contributed by atoms with Gasteiger partial charge in [-0.25, -0.2) is 0 Å². The highest BCUT2D eigenvalue weighted by Crippen LogP contribution is 2.26. The second-order valence-corrected chi connectivity index (χ2v) is 4.23. The lowest BCUT2D eigenvalue weighted by Crippen LogP contribution is -1.86. The fourth-order valence-corrected chi connectivity index (χ4v) is 2.33. The van der Waals surface area contributed by atoms with Crippen LogP contribution in [-0.4, -0.2) is 12.5 Å². The van der Waals surface area contributed by atoms with E-state index in [1.807, 2.05) is 6.07 Å². The maximum absolute atomic E-state index is 10.4. The van der Waals surface area contributed by atoms with Crippen LogP contribution in [0.4, 0.5) is 0 Å². The van der Waals surface area contributed by atoms with Gasteiger partial charge < -0.3 is 4.79 Å². The van der Waals surface area contributed by atoms with Crippen LogP contribution in [0.25, 0.3) is 10.8 Å². The van der Waals surface area contributed by atoms with Gasteiger partial charge in [0, 0.05) is 11.3 Å². The third-order valence-electron chi connectivity index (χ3n) is 2.44. The van der Waals surface area contributed by atoms with Gasteiger partial charge in [0.25, 0.3) is 0 Å². The van der Waals surface area contributed by atoms with Gasteiger partial charge in [-0.2, -0.15) is 0 Å². The number of aldehydes is 1. The molecule has 0 atom stereocenters. The molecule has 0 radical (unpaired) electrons. The van der Waals surface area contributed by atoms with E-state index in [0.717, 1.165) is 11.8 Å². The normalized spacial score (nSPS) is 10.5. The van der Waals surface area contributed by atoms with Gasteiger partial charge in [0.1, 0.15) is 6.29 Å². The smallest absolute Gasteiger partial charge is 0.124 e. The molecular formula is C13H12OS. The monoisotopic (exact) mass is 216 g/mol. The second kappa shape index (κ2) is 4.49. The molecule has 0 unspecified atom stereocenters. The number of fused-ring (bicyclic) bond motifs is 1. The zero-order chi connectivity index (χ0) is 10.7. The van der Waals surface area contributed by atoms with Crippen molar-refractivity contribution in [3.8, 4) is 0 Å². The van der Waals surface area contributed by atoms with Crippen molar-refractivity contribution in [1.82, 2.24) is 0 Å². The molecule has 0 heterocycles. The summed E-state index contributed by atoms with van der Waals surface area (Å²) >= 11 is 1.75. The van der Waals surface area contributed by atoms with Crippen LogP contribution in [0.3, 0.4) is 0 Å². The van der Waals surface area contributed by atoms with Gasteiger partial charge in [-0.3, -0.25) is 0 Å². The zero-order valence-corrected chi connectivity index (χ0v) is 9.38. The van der Waals surface area contributed by atoms with Crippen LogP contribution in [0.1, 0.15) is 5.56 Å². The van der Waals surface area contributed by atoms with Crippen molar-refractivity contribution in [3.05, 3.63) is 42.0 Å². The van der Waals surface area contributed by atoms with Crippen molar-refractivity contribution < 1.29 is 4.79 Å². The van der Waals surface area contributed by atoms with Gasteiger partial charge >= 0.3 is 0 Å². The lowest BCUT2D eigenvalue weighted by atomic mass is 10.1. The molecule has 0 aliphatic rings. The number of hydrogen-bond donors (Lipinski definition) is 0. The molecule has 76 valence electrons. The van der Waals surface area contributed by atoms with E-state index in [1.165, 1.54) is 15.7 Å². The fraction of sp³-hybridized carbons (Fsp3) is 0.154. The molecule has 0 aliphatic carbocycles. The number of carbonyl (C=O) groups excluding carboxylic acids is 1. The van der Waals surface area contributed by atoms with Gasteiger partial charge in [-0.15, -0.1) is 11.8 Å². The van der Waals surface area contributed by atoms with E-state index in [1.54, 1.807) is 11.8 Å². The molecule has 0 spiro atoms. The van der Waals surface area contributed by atoms with E-state index in [0.29, 0.717) is 6.42 Å². The minimum atomic E-state index is 0.499. The molecule has 1 nitrogen and oxygen atoms in total. The third-order valence-corrected chi connectivity index (χ3v) is 3.24. The van der Waals surface area contributed by atoms with Gasteiger partial charge in [0.2, 0.25) is 0 Å². The molecular weight excluding hydrogens is 204 g/mol. The molecule has 0 saturated carbocycles. The summed E-state index contributed by atoms with van der Waals surface area (Å²) < 4.78 is 0. The Kier molecular flexibility index (Phi) is 3.07. The maximum Gasteiger partial charge on any atom is 0.124 e. The summed E-state index contributed by atoms with van der Waals surface area (Å²) in [6, 6.07) is 12.5. The Morgan fingerprint density at radius 2 is 2.13 bits per heavy atom. The summed E-state index contributed by atoms with van der Waals surface area (Å²) in [5.74, 6) is 0. The predicted octanol–water partition coefficient (Wildman–Crippen LogP) is 3.30. The van der Waals surface area contributed by atoms with Crippen LogP contribution in [0, 0.1) is 0 Å². The van der Waals surface area contributed by atoms with Crippen molar-refractivity contribution in [3.63, 3.8) is 0 Å². The average Bonchev–Trinajstić information content (AvgIpc) is 2.28. The number of rotatable bonds is 3. The first-order chi connectivity index (χ1) is 7.35. The van der Waals surface area contributed by atoms with Crippen LogP contribution in [0.5, 0.6) is 0 Å². The molecule has 15 heavy (non-hydrogen) atoms. The average molecular weight is 216 g/mol. The highest BCUT2D eigenvalue weighted by molar-refractivity contribution is 7.98. The van der Waals surface area contributed by atoms with Crippen molar-refractivity contribution >= 4 is 28.8 Å². The Bertz CT molecular complexity index is 491. The van der Waals surface area contributed by atoms with Crippen LogP contribution in [0.15, 0.2) is 41.3 Å². The number of benzene rings is 2. The van der Waals surface area contributed by atoms with Gasteiger partial charge in [0.05, 0.1) is 0 Å². The lowest BCUT2D eigenvalue weighted by Gasteiger charge is -2.04. The van der Waals surface area contributed by atoms with Gasteiger partial charge in [-0.05, 0) is 28.7 Å². The SMILES string of the molecule is CSc1cccc2cc(CC=O)ccc12. The molecule has 2 aromatic carbocycles. The molecule has 2 heteroatoms. The van der Waals surface area contributed by atoms with E-state index in [9.17, 15) is 4.79 Å². The highest BCUT2D eigenvalue weighted by Gasteiger charge is 2.00. The first kappa shape index (κ1) is 10.2. The van der Waals surface area contributed by atoms with Crippen LogP contribution < -0.4 is 0 Å². The third kappa shape index (κ3) is 2.05. The number of carbonyl (C=O) groups is 1. The Balaban J connectivity index is 2.58. The molecule has 0 aliphatic heterocycles. The largest absolute Gasteiger partial charge is 0.303 e. The Labute approximate surface area is 93.5 Å². The number of thioether (sulfide) groups is 1. The van der Waals surface area contributed by atoms with Crippen molar-refractivity contribution in [2.45, 2.75) is 11.3 Å². The summed E-state index contributed by atoms with van der Waals surface area (Å²) in [5, 5.41) is 2.47. The molecule has 0 N–H and O–H groups in total. The summed E-state index contributed by atoms with van der Waals surface area (Å²) in [6.07, 6.45) is 3.52. The van der Waals surface area contributed by atoms with Gasteiger partial charge in [-0.1, -0.05) is 30.3 Å². The van der Waals surface area contributed by atoms with Crippen molar-refractivity contribution in [2.24, 2.45) is 0 Å². The van der Waals surface area contributed by atoms with Crippen molar-refractivity contribution in [1.29, 1.82) is 0 Å². The van der Waals surface area contributed by atoms with E-state index < -0.39 is 0 Å². The highest BCUT2D eigenvalue weighted by atomic mass is 32.2. The molecule has 0 fully saturated rings. The summed E-state index contributed by atoms with van der Waals surface area (Å²) in [7, 11) is 0. The quantitative estimate of drug-likeness (QED) is 0.578. The minimum Gasteiger partial charge on any atom is -0.303 e. The second-order valence-electron chi connectivity index (χ2n) is 3.39. The maximum atomic E-state index is 10.4. The molecule has 0 saturated heterocycles. The van der Waals surface area contributed by atoms with E-state index in [4.69, 9.17) is 0 Å². The summed E-state index contributed by atoms with van der Waals surface area (Å²) in [5.41, 5.74) is 1.08. The summed E-state index contributed by atoms with van der Waals surface area (Å²) in [4.78, 5) is 11.7. The van der Waals surface area contributed by atoms with E-state index >= 15 is 0 Å². The predicted molar refractivity (Wildman–Crippen MR) is 65.5 cm³/mol. The fourth-order valence-electron chi connectivity index (χ4n) is 1.70. The Morgan fingerprint density at radius 3 is 2.87 bits per heavy atom. The first-order valence-electron chi connectivity index (χ1n) is 4.84. The minimum absolute atomic E-state index is 0.499. The molecule has 0 amide bonds. The van der Waals surface area contributed by atoms with Crippen LogP contribution >= 0.6 is 11.8 Å².